The van der Waals surface area contributed by atoms with Crippen LogP contribution in [0.5, 0.6) is 23.0 Å². The largest absolute Gasteiger partial charge is 0.494 e. The number of nitrogens with zero attached hydrogens (tertiary/aromatic N) is 2. The molecule has 3 rings (SSSR count). The predicted octanol–water partition coefficient (Wildman–Crippen LogP) is 4.91. The number of methoxy groups -OCH3 is 3. The maximum atomic E-state index is 5.80. The van der Waals surface area contributed by atoms with Crippen LogP contribution in [0.3, 0.4) is 0 Å². The van der Waals surface area contributed by atoms with E-state index < -0.39 is 0 Å². The Hall–Kier alpha value is -3.52. The molecule has 0 saturated carbocycles. The third-order valence-electron chi connectivity index (χ3n) is 4.95. The maximum absolute atomic E-state index is 5.80. The molecular formula is C25H29N3O4S. The Bertz CT molecular complexity index is 1050. The second-order valence-corrected chi connectivity index (χ2v) is 7.49. The van der Waals surface area contributed by atoms with Gasteiger partial charge in [0.15, 0.2) is 16.6 Å². The van der Waals surface area contributed by atoms with Crippen molar-refractivity contribution >= 4 is 23.0 Å². The number of rotatable bonds is 10. The molecule has 0 unspecified atom stereocenters. The van der Waals surface area contributed by atoms with E-state index in [4.69, 9.17) is 31.2 Å². The van der Waals surface area contributed by atoms with Crippen LogP contribution in [0.1, 0.15) is 18.1 Å². The van der Waals surface area contributed by atoms with Gasteiger partial charge in [-0.2, -0.15) is 0 Å². The van der Waals surface area contributed by atoms with E-state index >= 15 is 0 Å². The van der Waals surface area contributed by atoms with Crippen molar-refractivity contribution in [2.75, 3.05) is 33.3 Å². The molecule has 0 spiro atoms. The standard InChI is InChI=1S/C25H29N3O4S/c1-5-32-21-11-9-20(10-12-21)27-25(33)28(16-18-7-6-14-26-15-18)17-19-8-13-22(29-2)24(31-4)23(19)30-3/h6-15H,5,16-17H2,1-4H3,(H,27,33). The van der Waals surface area contributed by atoms with E-state index in [-0.39, 0.29) is 0 Å². The average molecular weight is 468 g/mol. The van der Waals surface area contributed by atoms with E-state index in [9.17, 15) is 0 Å². The van der Waals surface area contributed by atoms with Gasteiger partial charge in [0, 0.05) is 36.7 Å². The van der Waals surface area contributed by atoms with E-state index in [0.29, 0.717) is 42.1 Å². The van der Waals surface area contributed by atoms with Gasteiger partial charge in [0.25, 0.3) is 0 Å². The molecule has 0 amide bonds. The minimum Gasteiger partial charge on any atom is -0.494 e. The number of ether oxygens (including phenoxy) is 4. The summed E-state index contributed by atoms with van der Waals surface area (Å²) in [5, 5.41) is 3.89. The molecule has 8 heteroatoms. The van der Waals surface area contributed by atoms with Crippen molar-refractivity contribution in [3.63, 3.8) is 0 Å². The van der Waals surface area contributed by atoms with Crippen molar-refractivity contribution in [2.24, 2.45) is 0 Å². The summed E-state index contributed by atoms with van der Waals surface area (Å²) in [5.74, 6) is 2.57. The number of thiocarbonyl (C=S) groups is 1. The smallest absolute Gasteiger partial charge is 0.203 e. The SMILES string of the molecule is CCOc1ccc(NC(=S)N(Cc2cccnc2)Cc2ccc(OC)c(OC)c2OC)cc1. The lowest BCUT2D eigenvalue weighted by Crippen LogP contribution is -2.34. The maximum Gasteiger partial charge on any atom is 0.203 e. The van der Waals surface area contributed by atoms with Crippen LogP contribution < -0.4 is 24.3 Å². The molecule has 0 bridgehead atoms. The summed E-state index contributed by atoms with van der Waals surface area (Å²) in [6.07, 6.45) is 3.58. The molecule has 0 aliphatic rings. The zero-order valence-electron chi connectivity index (χ0n) is 19.3. The van der Waals surface area contributed by atoms with E-state index in [0.717, 1.165) is 22.6 Å². The van der Waals surface area contributed by atoms with Gasteiger partial charge in [-0.15, -0.1) is 0 Å². The quantitative estimate of drug-likeness (QED) is 0.422. The highest BCUT2D eigenvalue weighted by Gasteiger charge is 2.20. The van der Waals surface area contributed by atoms with Gasteiger partial charge in [-0.3, -0.25) is 4.98 Å². The number of aromatic nitrogens is 1. The van der Waals surface area contributed by atoms with Crippen LogP contribution in [0.25, 0.3) is 0 Å². The van der Waals surface area contributed by atoms with Crippen molar-refractivity contribution < 1.29 is 18.9 Å². The van der Waals surface area contributed by atoms with Crippen molar-refractivity contribution in [2.45, 2.75) is 20.0 Å². The summed E-state index contributed by atoms with van der Waals surface area (Å²) in [4.78, 5) is 6.28. The van der Waals surface area contributed by atoms with Crippen LogP contribution >= 0.6 is 12.2 Å². The fourth-order valence-electron chi connectivity index (χ4n) is 3.41. The van der Waals surface area contributed by atoms with Crippen LogP contribution in [0, 0.1) is 0 Å². The Morgan fingerprint density at radius 1 is 0.939 bits per heavy atom. The van der Waals surface area contributed by atoms with Crippen LogP contribution in [0.15, 0.2) is 60.9 Å². The second-order valence-electron chi connectivity index (χ2n) is 7.10. The zero-order valence-corrected chi connectivity index (χ0v) is 20.1. The lowest BCUT2D eigenvalue weighted by atomic mass is 10.1. The molecule has 0 saturated heterocycles. The van der Waals surface area contributed by atoms with Gasteiger partial charge in [-0.1, -0.05) is 6.07 Å². The first-order valence-corrected chi connectivity index (χ1v) is 11.0. The van der Waals surface area contributed by atoms with Gasteiger partial charge in [0.2, 0.25) is 5.75 Å². The first-order valence-electron chi connectivity index (χ1n) is 10.5. The summed E-state index contributed by atoms with van der Waals surface area (Å²) < 4.78 is 22.2. The minimum atomic E-state index is 0.487. The summed E-state index contributed by atoms with van der Waals surface area (Å²) in [7, 11) is 4.81. The number of pyridine rings is 1. The van der Waals surface area contributed by atoms with Crippen LogP contribution in [0.4, 0.5) is 5.69 Å². The van der Waals surface area contributed by atoms with E-state index in [1.54, 1.807) is 27.5 Å². The van der Waals surface area contributed by atoms with Gasteiger partial charge in [0.1, 0.15) is 5.75 Å². The fourth-order valence-corrected chi connectivity index (χ4v) is 3.66. The Morgan fingerprint density at radius 2 is 1.70 bits per heavy atom. The van der Waals surface area contributed by atoms with Crippen LogP contribution in [-0.2, 0) is 13.1 Å². The summed E-state index contributed by atoms with van der Waals surface area (Å²) in [5.41, 5.74) is 2.82. The molecule has 7 nitrogen and oxygen atoms in total. The Balaban J connectivity index is 1.87. The number of hydrogen-bond donors (Lipinski definition) is 1. The van der Waals surface area contributed by atoms with Crippen molar-refractivity contribution in [1.82, 2.24) is 9.88 Å². The topological polar surface area (TPSA) is 65.1 Å². The average Bonchev–Trinajstić information content (AvgIpc) is 2.85. The zero-order chi connectivity index (χ0) is 23.6. The summed E-state index contributed by atoms with van der Waals surface area (Å²) in [6, 6.07) is 15.5. The third-order valence-corrected chi connectivity index (χ3v) is 5.31. The lowest BCUT2D eigenvalue weighted by molar-refractivity contribution is 0.316. The molecule has 0 aliphatic carbocycles. The van der Waals surface area contributed by atoms with Gasteiger partial charge in [-0.25, -0.2) is 0 Å². The van der Waals surface area contributed by atoms with Crippen molar-refractivity contribution in [3.05, 3.63) is 72.1 Å². The molecule has 0 fully saturated rings. The van der Waals surface area contributed by atoms with E-state index in [2.05, 4.69) is 10.3 Å². The highest BCUT2D eigenvalue weighted by Crippen LogP contribution is 2.40. The molecule has 0 atom stereocenters. The van der Waals surface area contributed by atoms with Gasteiger partial charge in [-0.05, 0) is 67.2 Å². The monoisotopic (exact) mass is 467 g/mol. The molecule has 33 heavy (non-hydrogen) atoms. The lowest BCUT2D eigenvalue weighted by Gasteiger charge is -2.27. The Kier molecular flexibility index (Phi) is 8.71. The predicted molar refractivity (Wildman–Crippen MR) is 133 cm³/mol. The Labute approximate surface area is 200 Å². The molecule has 1 N–H and O–H groups in total. The molecule has 1 heterocycles. The molecule has 0 radical (unpaired) electrons. The number of nitrogens with one attached hydrogen (secondary N) is 1. The van der Waals surface area contributed by atoms with Gasteiger partial charge < -0.3 is 29.2 Å². The van der Waals surface area contributed by atoms with E-state index in [1.807, 2.05) is 66.6 Å². The fraction of sp³-hybridized carbons (Fsp3) is 0.280. The number of benzene rings is 2. The molecule has 0 aliphatic heterocycles. The molecule has 174 valence electrons. The van der Waals surface area contributed by atoms with Crippen LogP contribution in [-0.4, -0.2) is 42.9 Å². The summed E-state index contributed by atoms with van der Waals surface area (Å²) >= 11 is 5.80. The highest BCUT2D eigenvalue weighted by atomic mass is 32.1. The van der Waals surface area contributed by atoms with Gasteiger partial charge in [0.05, 0.1) is 27.9 Å². The minimum absolute atomic E-state index is 0.487. The summed E-state index contributed by atoms with van der Waals surface area (Å²) in [6.45, 7) is 3.63. The normalized spacial score (nSPS) is 10.3. The van der Waals surface area contributed by atoms with Gasteiger partial charge >= 0.3 is 0 Å². The number of anilines is 1. The molecule has 3 aromatic rings. The number of hydrogen-bond acceptors (Lipinski definition) is 6. The first kappa shape index (κ1) is 24.1. The molecule has 1 aromatic heterocycles. The Morgan fingerprint density at radius 3 is 2.30 bits per heavy atom. The molecular weight excluding hydrogens is 438 g/mol. The third kappa shape index (κ3) is 6.26. The van der Waals surface area contributed by atoms with Crippen LogP contribution in [0.2, 0.25) is 0 Å². The van der Waals surface area contributed by atoms with Crippen molar-refractivity contribution in [1.29, 1.82) is 0 Å². The van der Waals surface area contributed by atoms with E-state index in [1.165, 1.54) is 0 Å². The highest BCUT2D eigenvalue weighted by molar-refractivity contribution is 7.80. The van der Waals surface area contributed by atoms with Crippen molar-refractivity contribution in [3.8, 4) is 23.0 Å². The molecule has 2 aromatic carbocycles. The first-order chi connectivity index (χ1) is 16.1. The second kappa shape index (κ2) is 11.9.